The summed E-state index contributed by atoms with van der Waals surface area (Å²) in [6, 6.07) is 4.09. The molecule has 0 radical (unpaired) electrons. The lowest BCUT2D eigenvalue weighted by molar-refractivity contribution is 0.184. The van der Waals surface area contributed by atoms with E-state index in [4.69, 9.17) is 4.74 Å². The van der Waals surface area contributed by atoms with Crippen molar-refractivity contribution in [2.45, 2.75) is 39.0 Å². The van der Waals surface area contributed by atoms with Crippen LogP contribution in [0.2, 0.25) is 0 Å². The first-order chi connectivity index (χ1) is 10.4. The molecule has 1 fully saturated rings. The molecule has 3 rings (SSSR count). The lowest BCUT2D eigenvalue weighted by Gasteiger charge is -2.11. The van der Waals surface area contributed by atoms with Crippen molar-refractivity contribution >= 4 is 11.5 Å². The molecular formula is C16H24N4O. The summed E-state index contributed by atoms with van der Waals surface area (Å²) >= 11 is 0. The van der Waals surface area contributed by atoms with E-state index in [1.54, 1.807) is 6.20 Å². The SMILES string of the molecule is CCCc1cc(NCCCC2CCOC2)n2nccc2n1. The van der Waals surface area contributed by atoms with Gasteiger partial charge in [-0.2, -0.15) is 9.61 Å². The minimum absolute atomic E-state index is 0.754. The number of ether oxygens (including phenoxy) is 1. The van der Waals surface area contributed by atoms with Gasteiger partial charge in [0, 0.05) is 37.6 Å². The molecule has 2 aromatic heterocycles. The number of hydrogen-bond donors (Lipinski definition) is 1. The zero-order valence-electron chi connectivity index (χ0n) is 12.7. The molecule has 114 valence electrons. The molecule has 2 aromatic rings. The highest BCUT2D eigenvalue weighted by molar-refractivity contribution is 5.49. The Morgan fingerprint density at radius 1 is 1.48 bits per heavy atom. The third-order valence-corrected chi connectivity index (χ3v) is 4.04. The van der Waals surface area contributed by atoms with Crippen LogP contribution in [0, 0.1) is 5.92 Å². The zero-order valence-corrected chi connectivity index (χ0v) is 12.7. The topological polar surface area (TPSA) is 51.5 Å². The van der Waals surface area contributed by atoms with Gasteiger partial charge in [0.05, 0.1) is 6.20 Å². The Labute approximate surface area is 125 Å². The first kappa shape index (κ1) is 14.3. The maximum atomic E-state index is 5.42. The summed E-state index contributed by atoms with van der Waals surface area (Å²) in [5, 5.41) is 7.86. The fourth-order valence-corrected chi connectivity index (χ4v) is 2.89. The van der Waals surface area contributed by atoms with Crippen LogP contribution >= 0.6 is 0 Å². The Kier molecular flexibility index (Phi) is 4.70. The summed E-state index contributed by atoms with van der Waals surface area (Å²) in [6.07, 6.45) is 7.55. The van der Waals surface area contributed by atoms with Crippen molar-refractivity contribution < 1.29 is 4.74 Å². The summed E-state index contributed by atoms with van der Waals surface area (Å²) < 4.78 is 7.31. The Balaban J connectivity index is 1.60. The molecule has 0 amide bonds. The number of nitrogens with zero attached hydrogens (tertiary/aromatic N) is 3. The fourth-order valence-electron chi connectivity index (χ4n) is 2.89. The molecule has 0 spiro atoms. The van der Waals surface area contributed by atoms with Gasteiger partial charge >= 0.3 is 0 Å². The fraction of sp³-hybridized carbons (Fsp3) is 0.625. The Morgan fingerprint density at radius 2 is 2.43 bits per heavy atom. The lowest BCUT2D eigenvalue weighted by Crippen LogP contribution is -2.10. The third kappa shape index (κ3) is 3.53. The van der Waals surface area contributed by atoms with E-state index >= 15 is 0 Å². The largest absolute Gasteiger partial charge is 0.381 e. The van der Waals surface area contributed by atoms with Gasteiger partial charge in [-0.15, -0.1) is 0 Å². The number of anilines is 1. The molecule has 1 atom stereocenters. The predicted octanol–water partition coefficient (Wildman–Crippen LogP) is 2.91. The quantitative estimate of drug-likeness (QED) is 0.796. The van der Waals surface area contributed by atoms with Gasteiger partial charge in [0.15, 0.2) is 5.65 Å². The molecule has 1 aliphatic heterocycles. The molecule has 0 saturated carbocycles. The van der Waals surface area contributed by atoms with E-state index in [9.17, 15) is 0 Å². The zero-order chi connectivity index (χ0) is 14.5. The van der Waals surface area contributed by atoms with E-state index in [1.165, 1.54) is 19.3 Å². The molecule has 1 N–H and O–H groups in total. The van der Waals surface area contributed by atoms with Crippen LogP contribution < -0.4 is 5.32 Å². The van der Waals surface area contributed by atoms with Crippen molar-refractivity contribution in [2.75, 3.05) is 25.1 Å². The first-order valence-corrected chi connectivity index (χ1v) is 8.02. The standard InChI is InChI=1S/C16H24N4O/c1-2-4-14-11-16(20-15(19-14)6-9-18-20)17-8-3-5-13-7-10-21-12-13/h6,9,11,13,17H,2-5,7-8,10,12H2,1H3. The third-order valence-electron chi connectivity index (χ3n) is 4.04. The summed E-state index contributed by atoms with van der Waals surface area (Å²) in [4.78, 5) is 4.62. The number of nitrogens with one attached hydrogen (secondary N) is 1. The van der Waals surface area contributed by atoms with Crippen LogP contribution in [-0.2, 0) is 11.2 Å². The summed E-state index contributed by atoms with van der Waals surface area (Å²) in [5.41, 5.74) is 2.06. The normalized spacial score (nSPS) is 18.4. The van der Waals surface area contributed by atoms with E-state index in [1.807, 2.05) is 10.6 Å². The Morgan fingerprint density at radius 3 is 3.24 bits per heavy atom. The minimum atomic E-state index is 0.754. The Bertz CT molecular complexity index is 575. The van der Waals surface area contributed by atoms with Gasteiger partial charge < -0.3 is 10.1 Å². The average molecular weight is 288 g/mol. The van der Waals surface area contributed by atoms with Gasteiger partial charge in [-0.1, -0.05) is 13.3 Å². The monoisotopic (exact) mass is 288 g/mol. The molecule has 0 bridgehead atoms. The lowest BCUT2D eigenvalue weighted by atomic mass is 10.0. The van der Waals surface area contributed by atoms with E-state index in [-0.39, 0.29) is 0 Å². The van der Waals surface area contributed by atoms with Crippen LogP contribution in [0.3, 0.4) is 0 Å². The van der Waals surface area contributed by atoms with E-state index in [0.717, 1.165) is 55.7 Å². The molecule has 0 aliphatic carbocycles. The van der Waals surface area contributed by atoms with Gasteiger partial charge in [-0.25, -0.2) is 4.98 Å². The van der Waals surface area contributed by atoms with Crippen LogP contribution in [0.25, 0.3) is 5.65 Å². The van der Waals surface area contributed by atoms with Crippen LogP contribution in [-0.4, -0.2) is 34.4 Å². The summed E-state index contributed by atoms with van der Waals surface area (Å²) in [6.45, 7) is 5.04. The van der Waals surface area contributed by atoms with Crippen LogP contribution in [0.1, 0.15) is 38.3 Å². The van der Waals surface area contributed by atoms with Crippen molar-refractivity contribution in [3.05, 3.63) is 24.0 Å². The second-order valence-corrected chi connectivity index (χ2v) is 5.78. The predicted molar refractivity (Wildman–Crippen MR) is 83.6 cm³/mol. The molecule has 3 heterocycles. The average Bonchev–Trinajstić information content (AvgIpc) is 3.14. The second kappa shape index (κ2) is 6.89. The molecule has 1 unspecified atom stereocenters. The molecule has 1 saturated heterocycles. The molecule has 0 aromatic carbocycles. The summed E-state index contributed by atoms with van der Waals surface area (Å²) in [7, 11) is 0. The number of aryl methyl sites for hydroxylation is 1. The van der Waals surface area contributed by atoms with Crippen molar-refractivity contribution in [1.29, 1.82) is 0 Å². The number of rotatable bonds is 7. The molecule has 1 aliphatic rings. The van der Waals surface area contributed by atoms with E-state index in [0.29, 0.717) is 0 Å². The van der Waals surface area contributed by atoms with Crippen molar-refractivity contribution in [1.82, 2.24) is 14.6 Å². The van der Waals surface area contributed by atoms with Crippen molar-refractivity contribution in [3.63, 3.8) is 0 Å². The van der Waals surface area contributed by atoms with Crippen molar-refractivity contribution in [3.8, 4) is 0 Å². The second-order valence-electron chi connectivity index (χ2n) is 5.78. The molecule has 5 nitrogen and oxygen atoms in total. The van der Waals surface area contributed by atoms with Crippen LogP contribution in [0.15, 0.2) is 18.3 Å². The van der Waals surface area contributed by atoms with Crippen LogP contribution in [0.4, 0.5) is 5.82 Å². The van der Waals surface area contributed by atoms with E-state index < -0.39 is 0 Å². The molecular weight excluding hydrogens is 264 g/mol. The van der Waals surface area contributed by atoms with Gasteiger partial charge in [-0.3, -0.25) is 0 Å². The van der Waals surface area contributed by atoms with E-state index in [2.05, 4.69) is 28.4 Å². The molecule has 5 heteroatoms. The van der Waals surface area contributed by atoms with Gasteiger partial charge in [0.2, 0.25) is 0 Å². The number of hydrogen-bond acceptors (Lipinski definition) is 4. The first-order valence-electron chi connectivity index (χ1n) is 8.02. The Hall–Kier alpha value is -1.62. The highest BCUT2D eigenvalue weighted by atomic mass is 16.5. The molecule has 21 heavy (non-hydrogen) atoms. The number of fused-ring (bicyclic) bond motifs is 1. The highest BCUT2D eigenvalue weighted by Gasteiger charge is 2.14. The van der Waals surface area contributed by atoms with Crippen molar-refractivity contribution in [2.24, 2.45) is 5.92 Å². The number of aromatic nitrogens is 3. The minimum Gasteiger partial charge on any atom is -0.381 e. The highest BCUT2D eigenvalue weighted by Crippen LogP contribution is 2.18. The maximum absolute atomic E-state index is 5.42. The van der Waals surface area contributed by atoms with Gasteiger partial charge in [0.25, 0.3) is 0 Å². The smallest absolute Gasteiger partial charge is 0.157 e. The van der Waals surface area contributed by atoms with Crippen LogP contribution in [0.5, 0.6) is 0 Å². The van der Waals surface area contributed by atoms with Gasteiger partial charge in [0.1, 0.15) is 5.82 Å². The van der Waals surface area contributed by atoms with Gasteiger partial charge in [-0.05, 0) is 31.6 Å². The summed E-state index contributed by atoms with van der Waals surface area (Å²) in [5.74, 6) is 1.81. The maximum Gasteiger partial charge on any atom is 0.157 e.